The van der Waals surface area contributed by atoms with Crippen molar-refractivity contribution in [3.63, 3.8) is 0 Å². The molecule has 2 saturated heterocycles. The number of imide groups is 1. The van der Waals surface area contributed by atoms with E-state index in [1.807, 2.05) is 30.3 Å². The third-order valence-corrected chi connectivity index (χ3v) is 4.31. The van der Waals surface area contributed by atoms with Gasteiger partial charge in [-0.1, -0.05) is 18.2 Å². The van der Waals surface area contributed by atoms with E-state index in [1.54, 1.807) is 4.90 Å². The minimum absolute atomic E-state index is 0.000475. The Bertz CT molecular complexity index is 609. The van der Waals surface area contributed by atoms with Crippen molar-refractivity contribution >= 4 is 17.8 Å². The second-order valence-corrected chi connectivity index (χ2v) is 5.78. The first-order chi connectivity index (χ1) is 11.1. The van der Waals surface area contributed by atoms with Crippen LogP contribution in [-0.2, 0) is 9.59 Å². The van der Waals surface area contributed by atoms with Crippen molar-refractivity contribution in [3.05, 3.63) is 30.3 Å². The molecule has 122 valence electrons. The highest BCUT2D eigenvalue weighted by molar-refractivity contribution is 6.07. The van der Waals surface area contributed by atoms with Crippen LogP contribution in [-0.4, -0.2) is 48.0 Å². The molecule has 0 saturated carbocycles. The minimum atomic E-state index is -0.839. The van der Waals surface area contributed by atoms with E-state index in [2.05, 4.69) is 10.6 Å². The Kier molecular flexibility index (Phi) is 4.18. The molecule has 2 aliphatic rings. The van der Waals surface area contributed by atoms with E-state index in [-0.39, 0.29) is 11.8 Å². The normalized spacial score (nSPS) is 19.4. The summed E-state index contributed by atoms with van der Waals surface area (Å²) in [4.78, 5) is 37.0. The number of hydrogen-bond donors (Lipinski definition) is 2. The van der Waals surface area contributed by atoms with E-state index < -0.39 is 11.6 Å². The number of amides is 4. The van der Waals surface area contributed by atoms with Crippen molar-refractivity contribution in [2.45, 2.75) is 24.8 Å². The van der Waals surface area contributed by atoms with Crippen LogP contribution in [0.25, 0.3) is 0 Å². The van der Waals surface area contributed by atoms with Gasteiger partial charge in [-0.2, -0.15) is 0 Å². The Hall–Kier alpha value is -2.57. The maximum Gasteiger partial charge on any atom is 0.322 e. The van der Waals surface area contributed by atoms with Crippen LogP contribution in [0.1, 0.15) is 19.3 Å². The van der Waals surface area contributed by atoms with Crippen LogP contribution in [0.2, 0.25) is 0 Å². The molecule has 7 heteroatoms. The Balaban J connectivity index is 1.45. The monoisotopic (exact) mass is 317 g/mol. The third kappa shape index (κ3) is 3.28. The van der Waals surface area contributed by atoms with Gasteiger partial charge in [-0.25, -0.2) is 4.79 Å². The lowest BCUT2D eigenvalue weighted by Crippen LogP contribution is -2.55. The van der Waals surface area contributed by atoms with Crippen molar-refractivity contribution in [2.24, 2.45) is 0 Å². The summed E-state index contributed by atoms with van der Waals surface area (Å²) in [6.45, 7) is 1.23. The van der Waals surface area contributed by atoms with Crippen molar-refractivity contribution in [1.82, 2.24) is 15.5 Å². The second kappa shape index (κ2) is 6.28. The van der Waals surface area contributed by atoms with Crippen LogP contribution in [0.5, 0.6) is 5.75 Å². The second-order valence-electron chi connectivity index (χ2n) is 5.78. The van der Waals surface area contributed by atoms with Crippen LogP contribution < -0.4 is 15.4 Å². The molecular weight excluding hydrogens is 298 g/mol. The number of benzene rings is 1. The topological polar surface area (TPSA) is 87.7 Å². The maximum absolute atomic E-state index is 12.2. The quantitative estimate of drug-likeness (QED) is 0.799. The number of carbonyl (C=O) groups is 3. The molecule has 4 amide bonds. The van der Waals surface area contributed by atoms with Crippen LogP contribution in [0.4, 0.5) is 4.79 Å². The van der Waals surface area contributed by atoms with E-state index in [0.29, 0.717) is 39.0 Å². The lowest BCUT2D eigenvalue weighted by atomic mass is 9.87. The zero-order valence-electron chi connectivity index (χ0n) is 12.7. The molecule has 23 heavy (non-hydrogen) atoms. The van der Waals surface area contributed by atoms with Crippen molar-refractivity contribution in [1.29, 1.82) is 0 Å². The van der Waals surface area contributed by atoms with Gasteiger partial charge in [0.25, 0.3) is 5.91 Å². The molecule has 0 bridgehead atoms. The molecule has 0 radical (unpaired) electrons. The molecule has 7 nitrogen and oxygen atoms in total. The Morgan fingerprint density at radius 1 is 1.17 bits per heavy atom. The molecular formula is C16H19N3O4. The summed E-state index contributed by atoms with van der Waals surface area (Å²) in [5, 5.41) is 4.94. The number of nitrogens with one attached hydrogen (secondary N) is 2. The zero-order valence-corrected chi connectivity index (χ0v) is 12.7. The minimum Gasteiger partial charge on any atom is -0.493 e. The van der Waals surface area contributed by atoms with Gasteiger partial charge in [-0.05, 0) is 25.0 Å². The molecule has 0 aromatic heterocycles. The van der Waals surface area contributed by atoms with Crippen molar-refractivity contribution < 1.29 is 19.1 Å². The molecule has 0 unspecified atom stereocenters. The largest absolute Gasteiger partial charge is 0.493 e. The molecule has 3 rings (SSSR count). The van der Waals surface area contributed by atoms with E-state index in [1.165, 1.54) is 0 Å². The van der Waals surface area contributed by atoms with Crippen LogP contribution in [0.15, 0.2) is 30.3 Å². The van der Waals surface area contributed by atoms with Gasteiger partial charge in [0, 0.05) is 13.1 Å². The van der Waals surface area contributed by atoms with Crippen LogP contribution in [0.3, 0.4) is 0 Å². The Morgan fingerprint density at radius 2 is 1.87 bits per heavy atom. The predicted octanol–water partition coefficient (Wildman–Crippen LogP) is 0.656. The van der Waals surface area contributed by atoms with Gasteiger partial charge in [0.2, 0.25) is 5.91 Å². The summed E-state index contributed by atoms with van der Waals surface area (Å²) in [6.07, 6.45) is 1.17. The number of carbonyl (C=O) groups excluding carboxylic acids is 3. The van der Waals surface area contributed by atoms with Gasteiger partial charge in [0.15, 0.2) is 0 Å². The third-order valence-electron chi connectivity index (χ3n) is 4.31. The lowest BCUT2D eigenvalue weighted by Gasteiger charge is -2.37. The number of para-hydroxylation sites is 1. The van der Waals surface area contributed by atoms with Gasteiger partial charge in [0.05, 0.1) is 13.0 Å². The molecule has 1 aromatic carbocycles. The summed E-state index contributed by atoms with van der Waals surface area (Å²) >= 11 is 0. The molecule has 1 aromatic rings. The van der Waals surface area contributed by atoms with Gasteiger partial charge in [-0.3, -0.25) is 14.9 Å². The van der Waals surface area contributed by atoms with Crippen LogP contribution >= 0.6 is 0 Å². The summed E-state index contributed by atoms with van der Waals surface area (Å²) < 4.78 is 5.52. The fourth-order valence-electron chi connectivity index (χ4n) is 2.95. The van der Waals surface area contributed by atoms with Gasteiger partial charge in [-0.15, -0.1) is 0 Å². The highest BCUT2D eigenvalue weighted by Gasteiger charge is 2.48. The average molecular weight is 317 g/mol. The maximum atomic E-state index is 12.2. The number of ether oxygens (including phenoxy) is 1. The fraction of sp³-hybridized carbons (Fsp3) is 0.438. The lowest BCUT2D eigenvalue weighted by molar-refractivity contribution is -0.136. The number of nitrogens with zero attached hydrogens (tertiary/aromatic N) is 1. The molecule has 0 aliphatic carbocycles. The molecule has 2 N–H and O–H groups in total. The summed E-state index contributed by atoms with van der Waals surface area (Å²) in [7, 11) is 0. The number of piperidine rings is 1. The summed E-state index contributed by atoms with van der Waals surface area (Å²) in [6, 6.07) is 8.89. The number of likely N-dealkylation sites (tertiary alicyclic amines) is 1. The Labute approximate surface area is 134 Å². The molecule has 2 aliphatic heterocycles. The van der Waals surface area contributed by atoms with Gasteiger partial charge < -0.3 is 15.0 Å². The van der Waals surface area contributed by atoms with E-state index in [4.69, 9.17) is 4.74 Å². The molecule has 2 fully saturated rings. The first kappa shape index (κ1) is 15.3. The number of urea groups is 1. The van der Waals surface area contributed by atoms with Crippen LogP contribution in [0, 0.1) is 0 Å². The standard InChI is InChI=1S/C16H19N3O4/c20-13(6-11-23-12-4-2-1-3-5-12)19-9-7-16(8-10-19)14(21)17-15(22)18-16/h1-5H,6-11H2,(H2,17,18,21,22). The van der Waals surface area contributed by atoms with Gasteiger partial charge in [0.1, 0.15) is 11.3 Å². The van der Waals surface area contributed by atoms with Crippen molar-refractivity contribution in [3.8, 4) is 5.75 Å². The van der Waals surface area contributed by atoms with E-state index in [9.17, 15) is 14.4 Å². The summed E-state index contributed by atoms with van der Waals surface area (Å²) in [5.41, 5.74) is -0.839. The average Bonchev–Trinajstić information content (AvgIpc) is 2.82. The molecule has 1 spiro atoms. The highest BCUT2D eigenvalue weighted by atomic mass is 16.5. The van der Waals surface area contributed by atoms with Gasteiger partial charge >= 0.3 is 6.03 Å². The predicted molar refractivity (Wildman–Crippen MR) is 81.8 cm³/mol. The zero-order chi connectivity index (χ0) is 16.3. The first-order valence-electron chi connectivity index (χ1n) is 7.68. The van der Waals surface area contributed by atoms with E-state index in [0.717, 1.165) is 5.75 Å². The summed E-state index contributed by atoms with van der Waals surface area (Å²) in [5.74, 6) is 0.450. The van der Waals surface area contributed by atoms with Crippen molar-refractivity contribution in [2.75, 3.05) is 19.7 Å². The smallest absolute Gasteiger partial charge is 0.322 e. The molecule has 0 atom stereocenters. The number of hydrogen-bond acceptors (Lipinski definition) is 4. The highest BCUT2D eigenvalue weighted by Crippen LogP contribution is 2.25. The van der Waals surface area contributed by atoms with E-state index >= 15 is 0 Å². The first-order valence-corrected chi connectivity index (χ1v) is 7.68. The number of rotatable bonds is 4. The SMILES string of the molecule is O=C1NC(=O)C2(CCN(C(=O)CCOc3ccccc3)CC2)N1. The Morgan fingerprint density at radius 3 is 2.48 bits per heavy atom. The molecule has 2 heterocycles. The fourth-order valence-corrected chi connectivity index (χ4v) is 2.95.